The first-order valence-electron chi connectivity index (χ1n) is 7.54. The van der Waals surface area contributed by atoms with Crippen LogP contribution in [0.2, 0.25) is 0 Å². The van der Waals surface area contributed by atoms with Gasteiger partial charge >= 0.3 is 0 Å². The van der Waals surface area contributed by atoms with Crippen molar-refractivity contribution in [3.05, 3.63) is 0 Å². The molecule has 0 bridgehead atoms. The maximum Gasteiger partial charge on any atom is 0.150 e. The van der Waals surface area contributed by atoms with Gasteiger partial charge in [0.1, 0.15) is 9.84 Å². The second-order valence-electron chi connectivity index (χ2n) is 7.58. The molecule has 0 aromatic heterocycles. The van der Waals surface area contributed by atoms with Crippen molar-refractivity contribution in [1.82, 2.24) is 0 Å². The van der Waals surface area contributed by atoms with Crippen LogP contribution in [0.15, 0.2) is 0 Å². The van der Waals surface area contributed by atoms with Crippen LogP contribution in [0.4, 0.5) is 0 Å². The number of rotatable bonds is 2. The molecule has 4 heteroatoms. The maximum atomic E-state index is 11.7. The molecule has 3 nitrogen and oxygen atoms in total. The van der Waals surface area contributed by atoms with Crippen LogP contribution in [0.3, 0.4) is 0 Å². The van der Waals surface area contributed by atoms with Crippen LogP contribution >= 0.6 is 0 Å². The van der Waals surface area contributed by atoms with Gasteiger partial charge in [0.05, 0.1) is 10.9 Å². The Morgan fingerprint density at radius 1 is 1.05 bits per heavy atom. The molecular weight excluding hydrogens is 260 g/mol. The molecule has 2 aliphatic rings. The SMILES string of the molecule is CC1(C)CCC(O)(C2CCCC(S(C)(=O)=O)C2)CC1. The molecule has 0 aromatic rings. The van der Waals surface area contributed by atoms with Gasteiger partial charge in [0.25, 0.3) is 0 Å². The zero-order chi connectivity index (χ0) is 14.3. The van der Waals surface area contributed by atoms with Crippen molar-refractivity contribution in [2.24, 2.45) is 11.3 Å². The van der Waals surface area contributed by atoms with Crippen LogP contribution in [0.1, 0.15) is 65.2 Å². The molecule has 0 radical (unpaired) electrons. The molecule has 2 fully saturated rings. The molecule has 0 heterocycles. The minimum Gasteiger partial charge on any atom is -0.390 e. The van der Waals surface area contributed by atoms with E-state index in [0.717, 1.165) is 44.9 Å². The van der Waals surface area contributed by atoms with E-state index in [0.29, 0.717) is 11.8 Å². The van der Waals surface area contributed by atoms with Crippen molar-refractivity contribution in [3.8, 4) is 0 Å². The summed E-state index contributed by atoms with van der Waals surface area (Å²) in [6.45, 7) is 4.51. The van der Waals surface area contributed by atoms with Gasteiger partial charge in [-0.15, -0.1) is 0 Å². The highest BCUT2D eigenvalue weighted by atomic mass is 32.2. The fraction of sp³-hybridized carbons (Fsp3) is 1.00. The third-order valence-electron chi connectivity index (χ3n) is 5.46. The van der Waals surface area contributed by atoms with Gasteiger partial charge < -0.3 is 5.11 Å². The first-order valence-corrected chi connectivity index (χ1v) is 9.49. The molecule has 0 amide bonds. The molecule has 19 heavy (non-hydrogen) atoms. The lowest BCUT2D eigenvalue weighted by Gasteiger charge is -2.46. The Kier molecular flexibility index (Phi) is 4.05. The number of aliphatic hydroxyl groups is 1. The highest BCUT2D eigenvalue weighted by molar-refractivity contribution is 7.91. The second kappa shape index (κ2) is 5.03. The Labute approximate surface area is 117 Å². The van der Waals surface area contributed by atoms with E-state index < -0.39 is 15.4 Å². The predicted octanol–water partition coefficient (Wildman–Crippen LogP) is 2.92. The van der Waals surface area contributed by atoms with E-state index in [-0.39, 0.29) is 11.2 Å². The number of hydrogen-bond acceptors (Lipinski definition) is 3. The molecule has 0 saturated heterocycles. The molecular formula is C15H28O3S. The van der Waals surface area contributed by atoms with E-state index in [4.69, 9.17) is 0 Å². The molecule has 0 aromatic carbocycles. The highest BCUT2D eigenvalue weighted by Crippen LogP contribution is 2.47. The van der Waals surface area contributed by atoms with E-state index >= 15 is 0 Å². The fourth-order valence-electron chi connectivity index (χ4n) is 3.79. The van der Waals surface area contributed by atoms with Crippen molar-refractivity contribution in [2.75, 3.05) is 6.26 Å². The smallest absolute Gasteiger partial charge is 0.150 e. The van der Waals surface area contributed by atoms with Gasteiger partial charge in [0, 0.05) is 6.26 Å². The van der Waals surface area contributed by atoms with Crippen LogP contribution in [-0.4, -0.2) is 30.6 Å². The first kappa shape index (κ1) is 15.3. The van der Waals surface area contributed by atoms with Gasteiger partial charge in [-0.1, -0.05) is 20.3 Å². The largest absolute Gasteiger partial charge is 0.390 e. The van der Waals surface area contributed by atoms with Gasteiger partial charge in [-0.25, -0.2) is 8.42 Å². The van der Waals surface area contributed by atoms with E-state index in [1.807, 2.05) is 0 Å². The third-order valence-corrected chi connectivity index (χ3v) is 7.10. The maximum absolute atomic E-state index is 11.7. The van der Waals surface area contributed by atoms with Gasteiger partial charge in [0.2, 0.25) is 0 Å². The van der Waals surface area contributed by atoms with Gasteiger partial charge in [-0.05, 0) is 56.3 Å². The second-order valence-corrected chi connectivity index (χ2v) is 9.91. The summed E-state index contributed by atoms with van der Waals surface area (Å²) in [7, 11) is -2.96. The van der Waals surface area contributed by atoms with Crippen LogP contribution < -0.4 is 0 Å². The lowest BCUT2D eigenvalue weighted by molar-refractivity contribution is -0.0810. The summed E-state index contributed by atoms with van der Waals surface area (Å²) in [6.07, 6.45) is 8.47. The molecule has 1 N–H and O–H groups in total. The summed E-state index contributed by atoms with van der Waals surface area (Å²) in [5.41, 5.74) is -0.282. The third kappa shape index (κ3) is 3.52. The Balaban J connectivity index is 2.05. The lowest BCUT2D eigenvalue weighted by atomic mass is 9.64. The van der Waals surface area contributed by atoms with Gasteiger partial charge in [-0.2, -0.15) is 0 Å². The van der Waals surface area contributed by atoms with Crippen molar-refractivity contribution >= 4 is 9.84 Å². The van der Waals surface area contributed by atoms with E-state index in [1.165, 1.54) is 6.26 Å². The van der Waals surface area contributed by atoms with Crippen LogP contribution in [0, 0.1) is 11.3 Å². The average molecular weight is 288 g/mol. The zero-order valence-corrected chi connectivity index (χ0v) is 13.3. The summed E-state index contributed by atoms with van der Waals surface area (Å²) in [4.78, 5) is 0. The van der Waals surface area contributed by atoms with Crippen molar-refractivity contribution in [3.63, 3.8) is 0 Å². The molecule has 2 saturated carbocycles. The minimum atomic E-state index is -2.96. The first-order chi connectivity index (χ1) is 8.62. The summed E-state index contributed by atoms with van der Waals surface area (Å²) in [5, 5.41) is 10.7. The molecule has 2 rings (SSSR count). The van der Waals surface area contributed by atoms with E-state index in [9.17, 15) is 13.5 Å². The van der Waals surface area contributed by atoms with Gasteiger partial charge in [-0.3, -0.25) is 0 Å². The molecule has 2 aliphatic carbocycles. The van der Waals surface area contributed by atoms with Crippen molar-refractivity contribution in [1.29, 1.82) is 0 Å². The average Bonchev–Trinajstić information content (AvgIpc) is 2.33. The quantitative estimate of drug-likeness (QED) is 0.850. The Morgan fingerprint density at radius 3 is 2.16 bits per heavy atom. The summed E-state index contributed by atoms with van der Waals surface area (Å²) >= 11 is 0. The van der Waals surface area contributed by atoms with Crippen LogP contribution in [0.25, 0.3) is 0 Å². The lowest BCUT2D eigenvalue weighted by Crippen LogP contribution is -2.46. The molecule has 112 valence electrons. The Hall–Kier alpha value is -0.0900. The predicted molar refractivity (Wildman–Crippen MR) is 77.8 cm³/mol. The van der Waals surface area contributed by atoms with Crippen LogP contribution in [-0.2, 0) is 9.84 Å². The Morgan fingerprint density at radius 2 is 1.63 bits per heavy atom. The van der Waals surface area contributed by atoms with E-state index in [1.54, 1.807) is 0 Å². The van der Waals surface area contributed by atoms with Crippen LogP contribution in [0.5, 0.6) is 0 Å². The zero-order valence-electron chi connectivity index (χ0n) is 12.5. The molecule has 2 unspecified atom stereocenters. The minimum absolute atomic E-state index is 0.178. The van der Waals surface area contributed by atoms with Crippen molar-refractivity contribution < 1.29 is 13.5 Å². The summed E-state index contributed by atoms with van der Waals surface area (Å²) < 4.78 is 23.5. The monoisotopic (exact) mass is 288 g/mol. The number of sulfone groups is 1. The molecule has 2 atom stereocenters. The normalized spacial score (nSPS) is 34.9. The standard InChI is InChI=1S/C15H28O3S/c1-14(2)7-9-15(16,10-8-14)12-5-4-6-13(11-12)19(3,17)18/h12-13,16H,4-11H2,1-3H3. The topological polar surface area (TPSA) is 54.4 Å². The number of hydrogen-bond donors (Lipinski definition) is 1. The molecule has 0 spiro atoms. The van der Waals surface area contributed by atoms with Gasteiger partial charge in [0.15, 0.2) is 0 Å². The fourth-order valence-corrected chi connectivity index (χ4v) is 4.97. The summed E-state index contributed by atoms with van der Waals surface area (Å²) in [6, 6.07) is 0. The Bertz CT molecular complexity index is 415. The highest BCUT2D eigenvalue weighted by Gasteiger charge is 2.45. The van der Waals surface area contributed by atoms with E-state index in [2.05, 4.69) is 13.8 Å². The molecule has 0 aliphatic heterocycles. The summed E-state index contributed by atoms with van der Waals surface area (Å²) in [5.74, 6) is 0.178. The van der Waals surface area contributed by atoms with Crippen molar-refractivity contribution in [2.45, 2.75) is 76.1 Å².